The summed E-state index contributed by atoms with van der Waals surface area (Å²) in [6.07, 6.45) is 2.60. The molecule has 176 valence electrons. The van der Waals surface area contributed by atoms with E-state index in [4.69, 9.17) is 4.74 Å². The molecule has 2 amide bonds. The summed E-state index contributed by atoms with van der Waals surface area (Å²) in [6, 6.07) is 15.9. The minimum Gasteiger partial charge on any atom is -0.481 e. The number of hydrogen-bond acceptors (Lipinski definition) is 6. The van der Waals surface area contributed by atoms with Gasteiger partial charge < -0.3 is 20.3 Å². The van der Waals surface area contributed by atoms with E-state index < -0.39 is 0 Å². The third-order valence-corrected chi connectivity index (χ3v) is 7.59. The average Bonchev–Trinajstić information content (AvgIpc) is 2.87. The number of anilines is 2. The molecule has 3 heterocycles. The van der Waals surface area contributed by atoms with Crippen LogP contribution in [-0.4, -0.2) is 54.2 Å². The number of carbonyl (C=O) groups excluding carboxylic acids is 2. The van der Waals surface area contributed by atoms with Crippen LogP contribution in [0.3, 0.4) is 0 Å². The van der Waals surface area contributed by atoms with Gasteiger partial charge in [-0.25, -0.2) is 4.98 Å². The van der Waals surface area contributed by atoms with Gasteiger partial charge >= 0.3 is 0 Å². The van der Waals surface area contributed by atoms with E-state index in [9.17, 15) is 9.59 Å². The van der Waals surface area contributed by atoms with Crippen LogP contribution >= 0.6 is 11.8 Å². The highest BCUT2D eigenvalue weighted by Crippen LogP contribution is 2.32. The standard InChI is InChI=1S/C26H28N4O3S/c1-33-24-8-6-18-3-2-4-20(25(18)29-24)28-26(32)19-10-13-30(14-11-19)12-9-17-5-7-22-21(15-17)27-23(31)16-34-22/h2-8,15,19H,9-14,16H2,1H3,(H,27,31)(H,28,32). The van der Waals surface area contributed by atoms with Gasteiger partial charge in [-0.05, 0) is 62.2 Å². The van der Waals surface area contributed by atoms with Gasteiger partial charge in [-0.2, -0.15) is 0 Å². The fourth-order valence-electron chi connectivity index (χ4n) is 4.57. The molecule has 2 N–H and O–H groups in total. The van der Waals surface area contributed by atoms with Gasteiger partial charge in [-0.3, -0.25) is 9.59 Å². The number of aromatic nitrogens is 1. The number of fused-ring (bicyclic) bond motifs is 2. The summed E-state index contributed by atoms with van der Waals surface area (Å²) in [5.41, 5.74) is 3.61. The number of rotatable bonds is 6. The third kappa shape index (κ3) is 5.03. The highest BCUT2D eigenvalue weighted by Gasteiger charge is 2.25. The summed E-state index contributed by atoms with van der Waals surface area (Å²) in [6.45, 7) is 2.75. The number of benzene rings is 2. The quantitative estimate of drug-likeness (QED) is 0.555. The van der Waals surface area contributed by atoms with Crippen LogP contribution in [0.1, 0.15) is 18.4 Å². The van der Waals surface area contributed by atoms with Crippen molar-refractivity contribution < 1.29 is 14.3 Å². The molecule has 0 saturated carbocycles. The largest absolute Gasteiger partial charge is 0.481 e. The summed E-state index contributed by atoms with van der Waals surface area (Å²) >= 11 is 1.59. The second-order valence-corrected chi connectivity index (χ2v) is 9.77. The van der Waals surface area contributed by atoms with Crippen molar-refractivity contribution >= 4 is 45.9 Å². The molecule has 8 heteroatoms. The minimum atomic E-state index is -0.00639. The van der Waals surface area contributed by atoms with E-state index in [1.165, 1.54) is 5.56 Å². The fourth-order valence-corrected chi connectivity index (χ4v) is 5.36. The number of carbonyl (C=O) groups is 2. The van der Waals surface area contributed by atoms with E-state index in [0.717, 1.165) is 66.1 Å². The molecule has 5 rings (SSSR count). The number of ether oxygens (including phenoxy) is 1. The van der Waals surface area contributed by atoms with Crippen LogP contribution in [0.15, 0.2) is 53.4 Å². The number of methoxy groups -OCH3 is 1. The van der Waals surface area contributed by atoms with Gasteiger partial charge in [0.25, 0.3) is 0 Å². The number of amides is 2. The van der Waals surface area contributed by atoms with Crippen LogP contribution in [0.5, 0.6) is 5.88 Å². The molecular formula is C26H28N4O3S. The lowest BCUT2D eigenvalue weighted by Crippen LogP contribution is -2.39. The molecule has 1 aromatic heterocycles. The minimum absolute atomic E-state index is 0.00639. The molecule has 0 aliphatic carbocycles. The Morgan fingerprint density at radius 1 is 1.21 bits per heavy atom. The maximum atomic E-state index is 13.0. The lowest BCUT2D eigenvalue weighted by Gasteiger charge is -2.31. The van der Waals surface area contributed by atoms with Crippen molar-refractivity contribution in [3.05, 3.63) is 54.1 Å². The number of pyridine rings is 1. The lowest BCUT2D eigenvalue weighted by molar-refractivity contribution is -0.121. The van der Waals surface area contributed by atoms with E-state index in [0.29, 0.717) is 11.6 Å². The van der Waals surface area contributed by atoms with Crippen molar-refractivity contribution in [1.29, 1.82) is 0 Å². The number of nitrogens with one attached hydrogen (secondary N) is 2. The first-order valence-corrected chi connectivity index (χ1v) is 12.6. The molecule has 1 saturated heterocycles. The fraction of sp³-hybridized carbons (Fsp3) is 0.346. The molecule has 2 aliphatic heterocycles. The Bertz CT molecular complexity index is 1220. The molecule has 0 radical (unpaired) electrons. The zero-order valence-electron chi connectivity index (χ0n) is 19.2. The number of likely N-dealkylation sites (tertiary alicyclic amines) is 1. The van der Waals surface area contributed by atoms with Crippen LogP contribution in [0, 0.1) is 5.92 Å². The Labute approximate surface area is 203 Å². The van der Waals surface area contributed by atoms with Crippen LogP contribution in [0.25, 0.3) is 10.9 Å². The van der Waals surface area contributed by atoms with Crippen molar-refractivity contribution in [2.45, 2.75) is 24.2 Å². The molecule has 34 heavy (non-hydrogen) atoms. The predicted molar refractivity (Wildman–Crippen MR) is 136 cm³/mol. The Morgan fingerprint density at radius 3 is 2.88 bits per heavy atom. The first-order valence-electron chi connectivity index (χ1n) is 11.6. The van der Waals surface area contributed by atoms with Gasteiger partial charge in [0.05, 0.1) is 29.8 Å². The SMILES string of the molecule is COc1ccc2cccc(NC(=O)C3CCN(CCc4ccc5c(c4)NC(=O)CS5)CC3)c2n1. The Kier molecular flexibility index (Phi) is 6.69. The second-order valence-electron chi connectivity index (χ2n) is 8.75. The van der Waals surface area contributed by atoms with Gasteiger partial charge in [-0.1, -0.05) is 18.2 Å². The zero-order chi connectivity index (χ0) is 23.5. The predicted octanol–water partition coefficient (Wildman–Crippen LogP) is 4.18. The molecule has 2 aliphatic rings. The first kappa shape index (κ1) is 22.7. The van der Waals surface area contributed by atoms with Gasteiger partial charge in [-0.15, -0.1) is 11.8 Å². The van der Waals surface area contributed by atoms with Crippen molar-refractivity contribution in [1.82, 2.24) is 9.88 Å². The molecule has 0 spiro atoms. The number of nitrogens with zero attached hydrogens (tertiary/aromatic N) is 2. The monoisotopic (exact) mass is 476 g/mol. The molecule has 0 atom stereocenters. The Balaban J connectivity index is 1.14. The van der Waals surface area contributed by atoms with Gasteiger partial charge in [0.2, 0.25) is 17.7 Å². The van der Waals surface area contributed by atoms with Gasteiger partial charge in [0.1, 0.15) is 0 Å². The normalized spacial score (nSPS) is 16.7. The molecule has 3 aromatic rings. The smallest absolute Gasteiger partial charge is 0.234 e. The topological polar surface area (TPSA) is 83.6 Å². The molecular weight excluding hydrogens is 448 g/mol. The van der Waals surface area contributed by atoms with Crippen molar-refractivity contribution in [3.63, 3.8) is 0 Å². The highest BCUT2D eigenvalue weighted by atomic mass is 32.2. The van der Waals surface area contributed by atoms with E-state index in [1.54, 1.807) is 18.9 Å². The van der Waals surface area contributed by atoms with Crippen LogP contribution in [0.2, 0.25) is 0 Å². The molecule has 7 nitrogen and oxygen atoms in total. The third-order valence-electron chi connectivity index (χ3n) is 6.51. The molecule has 0 unspecified atom stereocenters. The van der Waals surface area contributed by atoms with Crippen LogP contribution < -0.4 is 15.4 Å². The van der Waals surface area contributed by atoms with Gasteiger partial charge in [0, 0.05) is 28.8 Å². The highest BCUT2D eigenvalue weighted by molar-refractivity contribution is 8.00. The van der Waals surface area contributed by atoms with Crippen LogP contribution in [0.4, 0.5) is 11.4 Å². The van der Waals surface area contributed by atoms with E-state index in [2.05, 4.69) is 38.7 Å². The molecule has 0 bridgehead atoms. The first-order chi connectivity index (χ1) is 16.6. The molecule has 2 aromatic carbocycles. The summed E-state index contributed by atoms with van der Waals surface area (Å²) in [4.78, 5) is 32.7. The number of hydrogen-bond donors (Lipinski definition) is 2. The second kappa shape index (κ2) is 10.0. The van der Waals surface area contributed by atoms with Gasteiger partial charge in [0.15, 0.2) is 0 Å². The van der Waals surface area contributed by atoms with E-state index in [-0.39, 0.29) is 17.7 Å². The van der Waals surface area contributed by atoms with Crippen molar-refractivity contribution in [3.8, 4) is 5.88 Å². The maximum Gasteiger partial charge on any atom is 0.234 e. The lowest BCUT2D eigenvalue weighted by atomic mass is 9.95. The average molecular weight is 477 g/mol. The number of para-hydroxylation sites is 1. The Morgan fingerprint density at radius 2 is 2.06 bits per heavy atom. The summed E-state index contributed by atoms with van der Waals surface area (Å²) in [7, 11) is 1.59. The zero-order valence-corrected chi connectivity index (χ0v) is 20.0. The summed E-state index contributed by atoms with van der Waals surface area (Å²) < 4.78 is 5.25. The number of thioether (sulfide) groups is 1. The van der Waals surface area contributed by atoms with E-state index >= 15 is 0 Å². The molecule has 1 fully saturated rings. The van der Waals surface area contributed by atoms with E-state index in [1.807, 2.05) is 30.3 Å². The Hall–Kier alpha value is -3.10. The summed E-state index contributed by atoms with van der Waals surface area (Å²) in [5.74, 6) is 1.13. The maximum absolute atomic E-state index is 13.0. The summed E-state index contributed by atoms with van der Waals surface area (Å²) in [5, 5.41) is 7.03. The van der Waals surface area contributed by atoms with Crippen molar-refractivity contribution in [2.24, 2.45) is 5.92 Å². The van der Waals surface area contributed by atoms with Crippen LogP contribution in [-0.2, 0) is 16.0 Å². The van der Waals surface area contributed by atoms with Crippen molar-refractivity contribution in [2.75, 3.05) is 43.1 Å². The number of piperidine rings is 1.